The first-order chi connectivity index (χ1) is 13.7. The van der Waals surface area contributed by atoms with E-state index in [4.69, 9.17) is 4.74 Å². The molecule has 1 aromatic heterocycles. The Morgan fingerprint density at radius 2 is 1.86 bits per heavy atom. The van der Waals surface area contributed by atoms with Crippen molar-refractivity contribution in [2.45, 2.75) is 19.6 Å². The van der Waals surface area contributed by atoms with E-state index in [1.807, 2.05) is 77.5 Å². The van der Waals surface area contributed by atoms with Crippen molar-refractivity contribution in [1.82, 2.24) is 14.9 Å². The fraction of sp³-hybridized carbons (Fsp3) is 0.130. The first kappa shape index (κ1) is 17.8. The highest BCUT2D eigenvalue weighted by molar-refractivity contribution is 5.84. The summed E-state index contributed by atoms with van der Waals surface area (Å²) in [6, 6.07) is 21.8. The third kappa shape index (κ3) is 3.88. The number of para-hydroxylation sites is 1. The van der Waals surface area contributed by atoms with Crippen molar-refractivity contribution in [3.63, 3.8) is 0 Å². The standard InChI is InChI=1S/C23H21N3O2/c1-17(28-21-11-10-18-6-2-3-7-19(18)14-21)23(27)25-15-20-8-4-5-9-22(20)26-13-12-24-16-26/h2-14,16-17H,15H2,1H3,(H,25,27)/t17-/m0/s1. The Labute approximate surface area is 163 Å². The summed E-state index contributed by atoms with van der Waals surface area (Å²) in [6.07, 6.45) is 4.76. The van der Waals surface area contributed by atoms with Gasteiger partial charge in [-0.15, -0.1) is 0 Å². The van der Waals surface area contributed by atoms with E-state index in [1.54, 1.807) is 19.4 Å². The molecule has 0 spiro atoms. The van der Waals surface area contributed by atoms with E-state index >= 15 is 0 Å². The number of nitrogens with one attached hydrogen (secondary N) is 1. The van der Waals surface area contributed by atoms with Gasteiger partial charge in [-0.2, -0.15) is 0 Å². The predicted molar refractivity (Wildman–Crippen MR) is 109 cm³/mol. The van der Waals surface area contributed by atoms with Gasteiger partial charge in [0.25, 0.3) is 5.91 Å². The first-order valence-corrected chi connectivity index (χ1v) is 9.20. The molecular weight excluding hydrogens is 350 g/mol. The first-order valence-electron chi connectivity index (χ1n) is 9.20. The summed E-state index contributed by atoms with van der Waals surface area (Å²) in [4.78, 5) is 16.6. The monoisotopic (exact) mass is 371 g/mol. The highest BCUT2D eigenvalue weighted by atomic mass is 16.5. The highest BCUT2D eigenvalue weighted by Crippen LogP contribution is 2.21. The zero-order valence-corrected chi connectivity index (χ0v) is 15.6. The lowest BCUT2D eigenvalue weighted by Gasteiger charge is -2.16. The number of imidazole rings is 1. The smallest absolute Gasteiger partial charge is 0.261 e. The van der Waals surface area contributed by atoms with Gasteiger partial charge in [-0.05, 0) is 41.5 Å². The van der Waals surface area contributed by atoms with Crippen LogP contribution in [0.3, 0.4) is 0 Å². The van der Waals surface area contributed by atoms with Crippen LogP contribution in [0.25, 0.3) is 16.5 Å². The van der Waals surface area contributed by atoms with Gasteiger partial charge in [0.1, 0.15) is 5.75 Å². The lowest BCUT2D eigenvalue weighted by Crippen LogP contribution is -2.36. The number of hydrogen-bond donors (Lipinski definition) is 1. The topological polar surface area (TPSA) is 56.1 Å². The van der Waals surface area contributed by atoms with Crippen LogP contribution in [-0.2, 0) is 11.3 Å². The summed E-state index contributed by atoms with van der Waals surface area (Å²) in [6.45, 7) is 2.17. The molecule has 0 aliphatic rings. The maximum Gasteiger partial charge on any atom is 0.261 e. The highest BCUT2D eigenvalue weighted by Gasteiger charge is 2.15. The Hall–Kier alpha value is -3.60. The van der Waals surface area contributed by atoms with Crippen LogP contribution < -0.4 is 10.1 Å². The predicted octanol–water partition coefficient (Wildman–Crippen LogP) is 4.11. The summed E-state index contributed by atoms with van der Waals surface area (Å²) in [5, 5.41) is 5.19. The van der Waals surface area contributed by atoms with Crippen LogP contribution in [0.1, 0.15) is 12.5 Å². The third-order valence-corrected chi connectivity index (χ3v) is 4.63. The third-order valence-electron chi connectivity index (χ3n) is 4.63. The normalized spacial score (nSPS) is 11.9. The van der Waals surface area contributed by atoms with Gasteiger partial charge >= 0.3 is 0 Å². The molecule has 0 aliphatic heterocycles. The maximum atomic E-state index is 12.5. The molecular formula is C23H21N3O2. The lowest BCUT2D eigenvalue weighted by atomic mass is 10.1. The minimum Gasteiger partial charge on any atom is -0.481 e. The summed E-state index contributed by atoms with van der Waals surface area (Å²) < 4.78 is 7.77. The molecule has 0 unspecified atom stereocenters. The SMILES string of the molecule is C[C@H](Oc1ccc2ccccc2c1)C(=O)NCc1ccccc1-n1ccnc1. The molecule has 0 aliphatic carbocycles. The number of aromatic nitrogens is 2. The van der Waals surface area contributed by atoms with Crippen molar-refractivity contribution in [1.29, 1.82) is 0 Å². The van der Waals surface area contributed by atoms with Gasteiger partial charge in [-0.3, -0.25) is 4.79 Å². The van der Waals surface area contributed by atoms with Gasteiger partial charge < -0.3 is 14.6 Å². The molecule has 1 N–H and O–H groups in total. The van der Waals surface area contributed by atoms with Crippen molar-refractivity contribution >= 4 is 16.7 Å². The minimum atomic E-state index is -0.596. The van der Waals surface area contributed by atoms with Crippen LogP contribution in [0.4, 0.5) is 0 Å². The number of ether oxygens (including phenoxy) is 1. The van der Waals surface area contributed by atoms with E-state index < -0.39 is 6.10 Å². The number of carbonyl (C=O) groups is 1. The molecule has 0 saturated carbocycles. The Kier molecular flexibility index (Phi) is 5.06. The van der Waals surface area contributed by atoms with Crippen molar-refractivity contribution < 1.29 is 9.53 Å². The Morgan fingerprint density at radius 3 is 2.68 bits per heavy atom. The molecule has 0 radical (unpaired) electrons. The average molecular weight is 371 g/mol. The van der Waals surface area contributed by atoms with E-state index in [-0.39, 0.29) is 5.91 Å². The molecule has 4 aromatic rings. The van der Waals surface area contributed by atoms with E-state index in [1.165, 1.54) is 0 Å². The number of amides is 1. The largest absolute Gasteiger partial charge is 0.481 e. The fourth-order valence-electron chi connectivity index (χ4n) is 3.14. The number of fused-ring (bicyclic) bond motifs is 1. The summed E-state index contributed by atoms with van der Waals surface area (Å²) in [5.74, 6) is 0.522. The molecule has 0 fully saturated rings. The molecule has 140 valence electrons. The maximum absolute atomic E-state index is 12.5. The number of hydrogen-bond acceptors (Lipinski definition) is 3. The summed E-state index contributed by atoms with van der Waals surface area (Å²) >= 11 is 0. The molecule has 1 amide bonds. The number of carbonyl (C=O) groups excluding carboxylic acids is 1. The van der Waals surface area contributed by atoms with Gasteiger partial charge in [-0.1, -0.05) is 48.5 Å². The van der Waals surface area contributed by atoms with E-state index in [2.05, 4.69) is 10.3 Å². The minimum absolute atomic E-state index is 0.159. The molecule has 0 bridgehead atoms. The van der Waals surface area contributed by atoms with E-state index in [0.29, 0.717) is 12.3 Å². The Morgan fingerprint density at radius 1 is 1.07 bits per heavy atom. The van der Waals surface area contributed by atoms with Crippen LogP contribution in [0, 0.1) is 0 Å². The summed E-state index contributed by atoms with van der Waals surface area (Å²) in [5.41, 5.74) is 2.00. The second-order valence-electron chi connectivity index (χ2n) is 6.59. The zero-order chi connectivity index (χ0) is 19.3. The van der Waals surface area contributed by atoms with Crippen LogP contribution in [0.15, 0.2) is 85.5 Å². The molecule has 1 atom stereocenters. The van der Waals surface area contributed by atoms with Gasteiger partial charge in [0.15, 0.2) is 6.10 Å². The lowest BCUT2D eigenvalue weighted by molar-refractivity contribution is -0.127. The van der Waals surface area contributed by atoms with E-state index in [9.17, 15) is 4.79 Å². The number of rotatable bonds is 6. The summed E-state index contributed by atoms with van der Waals surface area (Å²) in [7, 11) is 0. The average Bonchev–Trinajstić information content (AvgIpc) is 3.27. The van der Waals surface area contributed by atoms with Crippen molar-refractivity contribution in [3.05, 3.63) is 91.0 Å². The van der Waals surface area contributed by atoms with Gasteiger partial charge in [0.2, 0.25) is 0 Å². The van der Waals surface area contributed by atoms with Crippen LogP contribution >= 0.6 is 0 Å². The Balaban J connectivity index is 1.41. The number of benzene rings is 3. The van der Waals surface area contributed by atoms with Gasteiger partial charge in [0.05, 0.1) is 12.0 Å². The zero-order valence-electron chi connectivity index (χ0n) is 15.6. The Bertz CT molecular complexity index is 1090. The van der Waals surface area contributed by atoms with Crippen molar-refractivity contribution in [2.24, 2.45) is 0 Å². The van der Waals surface area contributed by atoms with Crippen molar-refractivity contribution in [2.75, 3.05) is 0 Å². The van der Waals surface area contributed by atoms with Crippen LogP contribution in [0.5, 0.6) is 5.75 Å². The van der Waals surface area contributed by atoms with Crippen molar-refractivity contribution in [3.8, 4) is 11.4 Å². The molecule has 1 heterocycles. The second kappa shape index (κ2) is 7.96. The molecule has 5 heteroatoms. The van der Waals surface area contributed by atoms with Gasteiger partial charge in [0, 0.05) is 18.9 Å². The van der Waals surface area contributed by atoms with Crippen LogP contribution in [0.2, 0.25) is 0 Å². The molecule has 3 aromatic carbocycles. The molecule has 4 rings (SSSR count). The molecule has 28 heavy (non-hydrogen) atoms. The second-order valence-corrected chi connectivity index (χ2v) is 6.59. The number of nitrogens with zero attached hydrogens (tertiary/aromatic N) is 2. The molecule has 0 saturated heterocycles. The van der Waals surface area contributed by atoms with Gasteiger partial charge in [-0.25, -0.2) is 4.98 Å². The van der Waals surface area contributed by atoms with Crippen LogP contribution in [-0.4, -0.2) is 21.6 Å². The van der Waals surface area contributed by atoms with E-state index in [0.717, 1.165) is 22.0 Å². The molecule has 5 nitrogen and oxygen atoms in total. The quantitative estimate of drug-likeness (QED) is 0.555. The fourth-order valence-corrected chi connectivity index (χ4v) is 3.14.